The van der Waals surface area contributed by atoms with Gasteiger partial charge in [0.25, 0.3) is 5.91 Å². The van der Waals surface area contributed by atoms with Gasteiger partial charge in [-0.3, -0.25) is 19.7 Å². The van der Waals surface area contributed by atoms with Crippen LogP contribution in [0.15, 0.2) is 91.0 Å². The summed E-state index contributed by atoms with van der Waals surface area (Å²) in [6.45, 7) is 10.6. The van der Waals surface area contributed by atoms with E-state index in [9.17, 15) is 14.4 Å². The van der Waals surface area contributed by atoms with Gasteiger partial charge in [0.15, 0.2) is 0 Å². The van der Waals surface area contributed by atoms with Crippen LogP contribution in [0.2, 0.25) is 0 Å². The van der Waals surface area contributed by atoms with E-state index in [1.54, 1.807) is 4.90 Å². The average molecular weight is 780 g/mol. The van der Waals surface area contributed by atoms with Crippen LogP contribution >= 0.6 is 0 Å². The Morgan fingerprint density at radius 1 is 0.810 bits per heavy atom. The van der Waals surface area contributed by atoms with Crippen LogP contribution in [0.5, 0.6) is 5.75 Å². The number of piperidine rings is 2. The van der Waals surface area contributed by atoms with Gasteiger partial charge < -0.3 is 25.2 Å². The minimum absolute atomic E-state index is 0.139. The summed E-state index contributed by atoms with van der Waals surface area (Å²) in [7, 11) is 0. The standard InChI is InChI=1S/C49H57N5O4/c1-48(2,3)58-39-15-18-41-34(28-39)11-16-40(32-7-5-4-6-8-32)45(41)33-9-13-38(14-10-33)53-25-21-49(22-26-53)29-37(30-49)51-24-23-50-36-12-17-42-35(27-36)31-54(47(42)57)43-19-20-44(55)52-46(43)56/h4-10,12-15,17-18,27-28,37,40,43,45,50-51H,11,16,19-26,29-31H2,1-3H3,(H,52,55,56)/t40-,43?,45+/m1/s1. The minimum atomic E-state index is -0.591. The second-order valence-corrected chi connectivity index (χ2v) is 18.4. The van der Waals surface area contributed by atoms with E-state index in [1.807, 2.05) is 18.2 Å². The molecule has 0 radical (unpaired) electrons. The summed E-state index contributed by atoms with van der Waals surface area (Å²) in [5.74, 6) is 0.913. The fraction of sp³-hybridized carbons (Fsp3) is 0.449. The van der Waals surface area contributed by atoms with Crippen LogP contribution in [0.1, 0.15) is 116 Å². The highest BCUT2D eigenvalue weighted by Crippen LogP contribution is 2.50. The maximum atomic E-state index is 13.0. The van der Waals surface area contributed by atoms with Gasteiger partial charge in [-0.15, -0.1) is 0 Å². The summed E-state index contributed by atoms with van der Waals surface area (Å²) in [5.41, 5.74) is 9.75. The number of fused-ring (bicyclic) bond motifs is 2. The Hall–Kier alpha value is -5.15. The van der Waals surface area contributed by atoms with Gasteiger partial charge in [-0.25, -0.2) is 0 Å². The highest BCUT2D eigenvalue weighted by atomic mass is 16.5. The summed E-state index contributed by atoms with van der Waals surface area (Å²) in [4.78, 5) is 41.2. The van der Waals surface area contributed by atoms with Crippen molar-refractivity contribution < 1.29 is 19.1 Å². The molecule has 3 heterocycles. The van der Waals surface area contributed by atoms with Gasteiger partial charge in [-0.2, -0.15) is 0 Å². The number of ether oxygens (including phenoxy) is 1. The van der Waals surface area contributed by atoms with Gasteiger partial charge in [-0.05, 0) is 147 Å². The van der Waals surface area contributed by atoms with E-state index < -0.39 is 6.04 Å². The lowest BCUT2D eigenvalue weighted by molar-refractivity contribution is -0.136. The number of carbonyl (C=O) groups is 3. The number of benzene rings is 4. The number of amides is 3. The molecule has 302 valence electrons. The van der Waals surface area contributed by atoms with Crippen molar-refractivity contribution in [1.82, 2.24) is 15.5 Å². The van der Waals surface area contributed by atoms with Crippen LogP contribution < -0.4 is 25.6 Å². The molecule has 5 aliphatic rings. The topological polar surface area (TPSA) is 103 Å². The molecule has 58 heavy (non-hydrogen) atoms. The van der Waals surface area contributed by atoms with Crippen molar-refractivity contribution >= 4 is 29.1 Å². The normalized spacial score (nSPS) is 22.9. The predicted molar refractivity (Wildman–Crippen MR) is 228 cm³/mol. The van der Waals surface area contributed by atoms with Gasteiger partial charge in [0.2, 0.25) is 11.8 Å². The van der Waals surface area contributed by atoms with Crippen LogP contribution in [0.4, 0.5) is 11.4 Å². The van der Waals surface area contributed by atoms with Crippen LogP contribution in [0.25, 0.3) is 0 Å². The molecule has 3 N–H and O–H groups in total. The summed E-state index contributed by atoms with van der Waals surface area (Å²) >= 11 is 0. The van der Waals surface area contributed by atoms with Gasteiger partial charge in [0, 0.05) is 68.0 Å². The fourth-order valence-corrected chi connectivity index (χ4v) is 10.5. The Labute approximate surface area is 342 Å². The molecule has 1 spiro atoms. The number of hydrogen-bond donors (Lipinski definition) is 3. The molecule has 4 aromatic rings. The van der Waals surface area contributed by atoms with Crippen molar-refractivity contribution in [3.05, 3.63) is 124 Å². The summed E-state index contributed by atoms with van der Waals surface area (Å²) in [5, 5.41) is 9.67. The fourth-order valence-electron chi connectivity index (χ4n) is 10.5. The minimum Gasteiger partial charge on any atom is -0.488 e. The molecular weight excluding hydrogens is 723 g/mol. The molecule has 2 saturated heterocycles. The van der Waals surface area contributed by atoms with Crippen molar-refractivity contribution in [1.29, 1.82) is 0 Å². The lowest BCUT2D eigenvalue weighted by Gasteiger charge is -2.53. The van der Waals surface area contributed by atoms with Gasteiger partial charge in [0.1, 0.15) is 17.4 Å². The maximum absolute atomic E-state index is 13.0. The number of carbonyl (C=O) groups excluding carboxylic acids is 3. The average Bonchev–Trinajstić information content (AvgIpc) is 3.53. The smallest absolute Gasteiger partial charge is 0.255 e. The zero-order valence-corrected chi connectivity index (χ0v) is 34.2. The number of nitrogens with one attached hydrogen (secondary N) is 3. The number of aryl methyl sites for hydroxylation is 1. The number of imide groups is 1. The van der Waals surface area contributed by atoms with Crippen LogP contribution in [-0.2, 0) is 22.6 Å². The predicted octanol–water partition coefficient (Wildman–Crippen LogP) is 7.94. The largest absolute Gasteiger partial charge is 0.488 e. The van der Waals surface area contributed by atoms with E-state index in [4.69, 9.17) is 4.74 Å². The van der Waals surface area contributed by atoms with E-state index in [1.165, 1.54) is 53.6 Å². The molecule has 3 fully saturated rings. The highest BCUT2D eigenvalue weighted by Gasteiger charge is 2.45. The van der Waals surface area contributed by atoms with Crippen molar-refractivity contribution in [3.8, 4) is 5.75 Å². The van der Waals surface area contributed by atoms with Gasteiger partial charge in [-0.1, -0.05) is 48.5 Å². The number of rotatable bonds is 10. The monoisotopic (exact) mass is 779 g/mol. The molecule has 1 unspecified atom stereocenters. The summed E-state index contributed by atoms with van der Waals surface area (Å²) in [6.07, 6.45) is 7.76. The first kappa shape index (κ1) is 38.4. The van der Waals surface area contributed by atoms with Gasteiger partial charge >= 0.3 is 0 Å². The lowest BCUT2D eigenvalue weighted by atomic mass is 9.60. The molecular formula is C49H57N5O4. The first-order valence-corrected chi connectivity index (χ1v) is 21.5. The van der Waals surface area contributed by atoms with Crippen molar-refractivity contribution in [2.24, 2.45) is 5.41 Å². The second kappa shape index (κ2) is 15.6. The Kier molecular flexibility index (Phi) is 10.3. The molecule has 9 nitrogen and oxygen atoms in total. The van der Waals surface area contributed by atoms with E-state index in [2.05, 4.69) is 114 Å². The number of hydrogen-bond acceptors (Lipinski definition) is 7. The zero-order valence-electron chi connectivity index (χ0n) is 34.2. The molecule has 2 aliphatic carbocycles. The van der Waals surface area contributed by atoms with Crippen LogP contribution in [-0.4, -0.2) is 66.5 Å². The molecule has 3 aliphatic heterocycles. The van der Waals surface area contributed by atoms with E-state index in [0.717, 1.165) is 56.0 Å². The Balaban J connectivity index is 0.758. The molecule has 4 aromatic carbocycles. The highest BCUT2D eigenvalue weighted by molar-refractivity contribution is 6.05. The summed E-state index contributed by atoms with van der Waals surface area (Å²) < 4.78 is 6.27. The van der Waals surface area contributed by atoms with Gasteiger partial charge in [0.05, 0.1) is 0 Å². The maximum Gasteiger partial charge on any atom is 0.255 e. The molecule has 3 atom stereocenters. The molecule has 9 rings (SSSR count). The molecule has 3 amide bonds. The third-order valence-electron chi connectivity index (χ3n) is 13.4. The van der Waals surface area contributed by atoms with E-state index >= 15 is 0 Å². The number of nitrogens with zero attached hydrogens (tertiary/aromatic N) is 2. The van der Waals surface area contributed by atoms with Crippen LogP contribution in [0.3, 0.4) is 0 Å². The quantitative estimate of drug-likeness (QED) is 0.111. The van der Waals surface area contributed by atoms with E-state index in [-0.39, 0.29) is 29.7 Å². The van der Waals surface area contributed by atoms with E-state index in [0.29, 0.717) is 41.8 Å². The van der Waals surface area contributed by atoms with Crippen molar-refractivity contribution in [2.45, 2.75) is 108 Å². The third-order valence-corrected chi connectivity index (χ3v) is 13.4. The van der Waals surface area contributed by atoms with Crippen molar-refractivity contribution in [2.75, 3.05) is 36.4 Å². The third kappa shape index (κ3) is 7.85. The Bertz CT molecular complexity index is 2160. The first-order valence-electron chi connectivity index (χ1n) is 21.5. The van der Waals surface area contributed by atoms with Crippen molar-refractivity contribution in [3.63, 3.8) is 0 Å². The zero-order chi connectivity index (χ0) is 40.0. The lowest BCUT2D eigenvalue weighted by Crippen LogP contribution is -2.54. The SMILES string of the molecule is CC(C)(C)Oc1ccc2c(c1)CC[C@H](c1ccccc1)[C@@H]2c1ccc(N2CCC3(CC2)CC(NCCNc2ccc4c(c2)CN(C2CCC(=O)NC2=O)C4=O)C3)cc1. The first-order chi connectivity index (χ1) is 28.0. The Morgan fingerprint density at radius 2 is 1.59 bits per heavy atom. The van der Waals surface area contributed by atoms with Crippen LogP contribution in [0, 0.1) is 5.41 Å². The second-order valence-electron chi connectivity index (χ2n) is 18.4. The number of anilines is 2. The summed E-state index contributed by atoms with van der Waals surface area (Å²) in [6, 6.07) is 33.2. The molecule has 0 aromatic heterocycles. The Morgan fingerprint density at radius 3 is 2.33 bits per heavy atom. The molecule has 9 heteroatoms. The molecule has 0 bridgehead atoms. The molecule has 1 saturated carbocycles.